The minimum absolute atomic E-state index is 0.635. The number of fused-ring (bicyclic) bond motifs is 3. The maximum atomic E-state index is 11.5. The lowest BCUT2D eigenvalue weighted by atomic mass is 9.95. The molecule has 1 aliphatic rings. The van der Waals surface area contributed by atoms with Crippen molar-refractivity contribution in [1.82, 2.24) is 4.57 Å². The molecule has 0 saturated carbocycles. The van der Waals surface area contributed by atoms with Gasteiger partial charge in [-0.3, -0.25) is 4.79 Å². The number of carbonyl (C=O) groups excluding carboxylic acids is 1. The fraction of sp³-hybridized carbons (Fsp3) is 0.353. The van der Waals surface area contributed by atoms with Gasteiger partial charge in [0.25, 0.3) is 0 Å². The Morgan fingerprint density at radius 1 is 1.45 bits per heavy atom. The summed E-state index contributed by atoms with van der Waals surface area (Å²) in [6.45, 7) is 2.85. The second kappa shape index (κ2) is 5.72. The number of methoxy groups -OCH3 is 1. The summed E-state index contributed by atoms with van der Waals surface area (Å²) >= 11 is 1.77. The quantitative estimate of drug-likeness (QED) is 0.694. The van der Waals surface area contributed by atoms with Crippen molar-refractivity contribution in [2.75, 3.05) is 19.1 Å². The lowest BCUT2D eigenvalue weighted by Crippen LogP contribution is -2.14. The first-order chi connectivity index (χ1) is 10.6. The number of aryl methyl sites for hydroxylation is 1. The predicted molar refractivity (Wildman–Crippen MR) is 91.9 cm³/mol. The molecule has 2 aromatic rings. The molecule has 3 rings (SSSR count). The van der Waals surface area contributed by atoms with Crippen LogP contribution in [-0.4, -0.2) is 24.2 Å². The molecule has 0 amide bonds. The summed E-state index contributed by atoms with van der Waals surface area (Å²) in [5, 5.41) is 0. The van der Waals surface area contributed by atoms with Crippen LogP contribution in [0.25, 0.3) is 11.3 Å². The molecule has 0 aliphatic carbocycles. The Morgan fingerprint density at radius 2 is 2.23 bits per heavy atom. The van der Waals surface area contributed by atoms with E-state index in [1.165, 1.54) is 11.1 Å². The van der Waals surface area contributed by atoms with E-state index in [-0.39, 0.29) is 0 Å². The van der Waals surface area contributed by atoms with Gasteiger partial charge in [-0.1, -0.05) is 0 Å². The maximum absolute atomic E-state index is 11.5. The Kier molecular flexibility index (Phi) is 3.91. The monoisotopic (exact) mass is 316 g/mol. The number of nitrogens with zero attached hydrogens (tertiary/aromatic N) is 1. The van der Waals surface area contributed by atoms with E-state index in [4.69, 9.17) is 10.5 Å². The van der Waals surface area contributed by atoms with E-state index in [0.29, 0.717) is 5.69 Å². The maximum Gasteiger partial charge on any atom is 0.166 e. The SMILES string of the molecule is COc1cc2c(cc1N)-c1c(CSC)c(C)c(C=O)n1CC2. The van der Waals surface area contributed by atoms with Crippen molar-refractivity contribution in [2.24, 2.45) is 0 Å². The summed E-state index contributed by atoms with van der Waals surface area (Å²) in [7, 11) is 1.64. The summed E-state index contributed by atoms with van der Waals surface area (Å²) < 4.78 is 7.48. The molecule has 0 atom stereocenters. The third-order valence-corrected chi connectivity index (χ3v) is 4.98. The molecule has 2 heterocycles. The van der Waals surface area contributed by atoms with Crippen LogP contribution in [0.2, 0.25) is 0 Å². The molecule has 0 bridgehead atoms. The summed E-state index contributed by atoms with van der Waals surface area (Å²) in [6.07, 6.45) is 3.93. The van der Waals surface area contributed by atoms with Crippen molar-refractivity contribution in [3.63, 3.8) is 0 Å². The normalized spacial score (nSPS) is 12.7. The summed E-state index contributed by atoms with van der Waals surface area (Å²) in [5.74, 6) is 1.61. The van der Waals surface area contributed by atoms with Gasteiger partial charge in [0.1, 0.15) is 5.75 Å². The molecule has 116 valence electrons. The Hall–Kier alpha value is -1.88. The van der Waals surface area contributed by atoms with Crippen LogP contribution in [-0.2, 0) is 18.7 Å². The predicted octanol–water partition coefficient (Wildman–Crippen LogP) is 3.29. The number of rotatable bonds is 4. The van der Waals surface area contributed by atoms with Gasteiger partial charge in [0.05, 0.1) is 24.2 Å². The van der Waals surface area contributed by atoms with E-state index in [1.807, 2.05) is 19.1 Å². The number of carbonyl (C=O) groups is 1. The Balaban J connectivity index is 2.29. The van der Waals surface area contributed by atoms with Crippen molar-refractivity contribution in [2.45, 2.75) is 25.6 Å². The van der Waals surface area contributed by atoms with Crippen LogP contribution in [0.3, 0.4) is 0 Å². The average molecular weight is 316 g/mol. The van der Waals surface area contributed by atoms with Crippen LogP contribution in [0.15, 0.2) is 12.1 Å². The molecule has 0 unspecified atom stereocenters. The smallest absolute Gasteiger partial charge is 0.166 e. The van der Waals surface area contributed by atoms with Crippen LogP contribution < -0.4 is 10.5 Å². The van der Waals surface area contributed by atoms with Gasteiger partial charge in [0.15, 0.2) is 6.29 Å². The number of ether oxygens (including phenoxy) is 1. The molecule has 1 aliphatic heterocycles. The number of nitrogen functional groups attached to an aromatic ring is 1. The zero-order chi connectivity index (χ0) is 15.9. The van der Waals surface area contributed by atoms with Crippen molar-refractivity contribution < 1.29 is 9.53 Å². The van der Waals surface area contributed by atoms with Gasteiger partial charge in [0.2, 0.25) is 0 Å². The third kappa shape index (κ3) is 2.11. The fourth-order valence-electron chi connectivity index (χ4n) is 3.31. The summed E-state index contributed by atoms with van der Waals surface area (Å²) in [4.78, 5) is 11.5. The molecular weight excluding hydrogens is 296 g/mol. The fourth-order valence-corrected chi connectivity index (χ4v) is 3.95. The largest absolute Gasteiger partial charge is 0.495 e. The van der Waals surface area contributed by atoms with Gasteiger partial charge in [-0.15, -0.1) is 0 Å². The van der Waals surface area contributed by atoms with Crippen LogP contribution >= 0.6 is 11.8 Å². The number of aldehydes is 1. The molecule has 2 N–H and O–H groups in total. The van der Waals surface area contributed by atoms with Gasteiger partial charge >= 0.3 is 0 Å². The number of anilines is 1. The summed E-state index contributed by atoms with van der Waals surface area (Å²) in [6, 6.07) is 4.01. The molecule has 0 spiro atoms. The van der Waals surface area contributed by atoms with Crippen LogP contribution in [0, 0.1) is 6.92 Å². The Bertz CT molecular complexity index is 750. The molecule has 0 radical (unpaired) electrons. The van der Waals surface area contributed by atoms with E-state index in [9.17, 15) is 4.79 Å². The Morgan fingerprint density at radius 3 is 2.86 bits per heavy atom. The number of hydrogen-bond donors (Lipinski definition) is 1. The van der Waals surface area contributed by atoms with E-state index in [2.05, 4.69) is 10.8 Å². The zero-order valence-electron chi connectivity index (χ0n) is 13.1. The molecule has 1 aromatic carbocycles. The van der Waals surface area contributed by atoms with Crippen molar-refractivity contribution in [3.05, 3.63) is 34.5 Å². The first-order valence-electron chi connectivity index (χ1n) is 7.25. The highest BCUT2D eigenvalue weighted by Gasteiger charge is 2.26. The highest BCUT2D eigenvalue weighted by molar-refractivity contribution is 7.97. The van der Waals surface area contributed by atoms with Gasteiger partial charge < -0.3 is 15.0 Å². The minimum Gasteiger partial charge on any atom is -0.495 e. The first-order valence-corrected chi connectivity index (χ1v) is 8.64. The number of thioether (sulfide) groups is 1. The second-order valence-corrected chi connectivity index (χ2v) is 6.41. The molecule has 4 nitrogen and oxygen atoms in total. The number of hydrogen-bond acceptors (Lipinski definition) is 4. The molecule has 5 heteroatoms. The molecule has 0 saturated heterocycles. The number of aromatic nitrogens is 1. The third-order valence-electron chi connectivity index (χ3n) is 4.40. The van der Waals surface area contributed by atoms with Crippen molar-refractivity contribution >= 4 is 23.7 Å². The lowest BCUT2D eigenvalue weighted by molar-refractivity contribution is 0.111. The van der Waals surface area contributed by atoms with Gasteiger partial charge in [-0.25, -0.2) is 0 Å². The molecule has 22 heavy (non-hydrogen) atoms. The van der Waals surface area contributed by atoms with Gasteiger partial charge in [-0.05, 0) is 48.4 Å². The lowest BCUT2D eigenvalue weighted by Gasteiger charge is -2.23. The van der Waals surface area contributed by atoms with E-state index in [1.54, 1.807) is 18.9 Å². The first kappa shape index (κ1) is 15.0. The second-order valence-electron chi connectivity index (χ2n) is 5.54. The van der Waals surface area contributed by atoms with Crippen LogP contribution in [0.4, 0.5) is 5.69 Å². The van der Waals surface area contributed by atoms with Crippen LogP contribution in [0.5, 0.6) is 5.75 Å². The molecule has 0 fully saturated rings. The van der Waals surface area contributed by atoms with Crippen molar-refractivity contribution in [1.29, 1.82) is 0 Å². The van der Waals surface area contributed by atoms with E-state index in [0.717, 1.165) is 53.3 Å². The number of nitrogens with two attached hydrogens (primary N) is 1. The summed E-state index contributed by atoms with van der Waals surface area (Å²) in [5.41, 5.74) is 13.4. The highest BCUT2D eigenvalue weighted by atomic mass is 32.2. The van der Waals surface area contributed by atoms with E-state index < -0.39 is 0 Å². The number of benzene rings is 1. The standard InChI is InChI=1S/C17H20N2O2S/c1-10-13(9-22-3)17-12-7-14(18)16(21-2)6-11(12)4-5-19(17)15(10)8-20/h6-8H,4-5,9,18H2,1-3H3. The van der Waals surface area contributed by atoms with Crippen molar-refractivity contribution in [3.8, 4) is 17.0 Å². The average Bonchev–Trinajstić information content (AvgIpc) is 2.79. The highest BCUT2D eigenvalue weighted by Crippen LogP contribution is 2.41. The van der Waals surface area contributed by atoms with E-state index >= 15 is 0 Å². The zero-order valence-corrected chi connectivity index (χ0v) is 13.9. The Labute approximate surface area is 134 Å². The molecular formula is C17H20N2O2S. The van der Waals surface area contributed by atoms with Crippen LogP contribution in [0.1, 0.15) is 27.2 Å². The minimum atomic E-state index is 0.635. The molecule has 1 aromatic heterocycles. The topological polar surface area (TPSA) is 57.2 Å². The van der Waals surface area contributed by atoms with Gasteiger partial charge in [0, 0.05) is 17.9 Å². The van der Waals surface area contributed by atoms with Gasteiger partial charge in [-0.2, -0.15) is 11.8 Å².